The van der Waals surface area contributed by atoms with Gasteiger partial charge >= 0.3 is 0 Å². The molecule has 1 saturated heterocycles. The molecule has 1 aromatic heterocycles. The van der Waals surface area contributed by atoms with Crippen LogP contribution in [0.25, 0.3) is 10.4 Å². The first-order valence-corrected chi connectivity index (χ1v) is 15.0. The fraction of sp³-hybridized carbons (Fsp3) is 0.227. The van der Waals surface area contributed by atoms with Crippen molar-refractivity contribution in [3.8, 4) is 10.4 Å². The van der Waals surface area contributed by atoms with Gasteiger partial charge in [-0.1, -0.05) is 23.7 Å². The van der Waals surface area contributed by atoms with Crippen molar-refractivity contribution < 1.29 is 26.0 Å². The summed E-state index contributed by atoms with van der Waals surface area (Å²) in [6, 6.07) is 12.4. The summed E-state index contributed by atoms with van der Waals surface area (Å²) in [4.78, 5) is 14.5. The summed E-state index contributed by atoms with van der Waals surface area (Å²) in [6.07, 6.45) is 1.23. The Morgan fingerprint density at radius 1 is 1.14 bits per heavy atom. The number of rotatable bonds is 6. The van der Waals surface area contributed by atoms with E-state index in [9.17, 15) is 26.0 Å². The molecule has 0 radical (unpaired) electrons. The Morgan fingerprint density at radius 2 is 1.81 bits per heavy atom. The molecular formula is C22H22ClFN4O5S3. The fourth-order valence-electron chi connectivity index (χ4n) is 3.71. The average Bonchev–Trinajstić information content (AvgIpc) is 3.28. The van der Waals surface area contributed by atoms with Crippen molar-refractivity contribution in [2.45, 2.75) is 18.5 Å². The first-order chi connectivity index (χ1) is 16.8. The van der Waals surface area contributed by atoms with Crippen LogP contribution in [0.1, 0.15) is 17.3 Å². The van der Waals surface area contributed by atoms with Gasteiger partial charge in [-0.15, -0.1) is 11.3 Å². The van der Waals surface area contributed by atoms with Crippen LogP contribution in [0.2, 0.25) is 5.02 Å². The lowest BCUT2D eigenvalue weighted by Gasteiger charge is -2.35. The van der Waals surface area contributed by atoms with Crippen LogP contribution in [0.5, 0.6) is 0 Å². The SMILES string of the molecule is CN1C(C(=O)Nc2ccc(F)c(Cl)c2)CC(c2ccc(-c3ccc(NS(C)(=O)=O)cc3)s2)NS1(=O)=O. The molecule has 1 aliphatic rings. The van der Waals surface area contributed by atoms with E-state index in [1.165, 1.54) is 30.5 Å². The number of nitrogens with zero attached hydrogens (tertiary/aromatic N) is 1. The predicted molar refractivity (Wildman–Crippen MR) is 139 cm³/mol. The molecule has 0 saturated carbocycles. The maximum Gasteiger partial charge on any atom is 0.280 e. The lowest BCUT2D eigenvalue weighted by atomic mass is 10.1. The highest BCUT2D eigenvalue weighted by atomic mass is 35.5. The third-order valence-electron chi connectivity index (χ3n) is 5.50. The largest absolute Gasteiger partial charge is 0.325 e. The topological polar surface area (TPSA) is 125 Å². The van der Waals surface area contributed by atoms with Gasteiger partial charge < -0.3 is 5.32 Å². The summed E-state index contributed by atoms with van der Waals surface area (Å²) in [5.41, 5.74) is 1.50. The minimum Gasteiger partial charge on any atom is -0.325 e. The zero-order chi connectivity index (χ0) is 26.3. The minimum absolute atomic E-state index is 0.160. The number of sulfonamides is 1. The van der Waals surface area contributed by atoms with Gasteiger partial charge in [-0.3, -0.25) is 9.52 Å². The molecule has 1 aliphatic heterocycles. The molecule has 3 aromatic rings. The first-order valence-electron chi connectivity index (χ1n) is 10.5. The van der Waals surface area contributed by atoms with Gasteiger partial charge in [0.05, 0.1) is 17.3 Å². The molecule has 3 N–H and O–H groups in total. The summed E-state index contributed by atoms with van der Waals surface area (Å²) < 4.78 is 67.7. The number of nitrogens with one attached hydrogen (secondary N) is 3. The Kier molecular flexibility index (Phi) is 7.42. The van der Waals surface area contributed by atoms with Crippen LogP contribution in [-0.4, -0.2) is 46.4 Å². The number of benzene rings is 2. The van der Waals surface area contributed by atoms with Crippen molar-refractivity contribution in [3.05, 3.63) is 70.3 Å². The van der Waals surface area contributed by atoms with Crippen LogP contribution in [0, 0.1) is 5.82 Å². The van der Waals surface area contributed by atoms with Crippen molar-refractivity contribution in [3.63, 3.8) is 0 Å². The molecule has 0 spiro atoms. The van der Waals surface area contributed by atoms with Crippen molar-refractivity contribution in [2.24, 2.45) is 0 Å². The number of halogens is 2. The normalized spacial score (nSPS) is 20.1. The number of carbonyl (C=O) groups excluding carboxylic acids is 1. The molecule has 9 nitrogen and oxygen atoms in total. The molecule has 36 heavy (non-hydrogen) atoms. The van der Waals surface area contributed by atoms with Crippen LogP contribution in [-0.2, 0) is 25.0 Å². The second-order valence-electron chi connectivity index (χ2n) is 8.21. The van der Waals surface area contributed by atoms with E-state index in [-0.39, 0.29) is 17.1 Å². The fourth-order valence-corrected chi connectivity index (χ4v) is 6.87. The molecular weight excluding hydrogens is 551 g/mol. The summed E-state index contributed by atoms with van der Waals surface area (Å²) >= 11 is 7.14. The van der Waals surface area contributed by atoms with E-state index in [1.807, 2.05) is 6.07 Å². The Morgan fingerprint density at radius 3 is 2.44 bits per heavy atom. The molecule has 0 aliphatic carbocycles. The summed E-state index contributed by atoms with van der Waals surface area (Å²) in [6.45, 7) is 0. The lowest BCUT2D eigenvalue weighted by Crippen LogP contribution is -2.55. The highest BCUT2D eigenvalue weighted by Gasteiger charge is 2.41. The maximum absolute atomic E-state index is 13.4. The Bertz CT molecular complexity index is 1510. The second kappa shape index (κ2) is 10.1. The lowest BCUT2D eigenvalue weighted by molar-refractivity contribution is -0.120. The zero-order valence-electron chi connectivity index (χ0n) is 19.0. The Hall–Kier alpha value is -2.55. The molecule has 2 aromatic carbocycles. The van der Waals surface area contributed by atoms with Crippen LogP contribution in [0.3, 0.4) is 0 Å². The average molecular weight is 573 g/mol. The third-order valence-corrected chi connectivity index (χ3v) is 9.24. The van der Waals surface area contributed by atoms with Gasteiger partial charge in [0.2, 0.25) is 15.9 Å². The third kappa shape index (κ3) is 6.05. The molecule has 14 heteroatoms. The molecule has 0 bridgehead atoms. The maximum atomic E-state index is 13.4. The van der Waals surface area contributed by atoms with Gasteiger partial charge in [-0.2, -0.15) is 17.4 Å². The quantitative estimate of drug-likeness (QED) is 0.414. The number of carbonyl (C=O) groups is 1. The van der Waals surface area contributed by atoms with Crippen LogP contribution in [0.4, 0.5) is 15.8 Å². The smallest absolute Gasteiger partial charge is 0.280 e. The van der Waals surface area contributed by atoms with E-state index in [0.717, 1.165) is 27.1 Å². The molecule has 192 valence electrons. The van der Waals surface area contributed by atoms with Crippen LogP contribution in [0.15, 0.2) is 54.6 Å². The molecule has 2 heterocycles. The number of likely N-dealkylation sites (N-methyl/N-ethyl adjacent to an activating group) is 1. The van der Waals surface area contributed by atoms with Crippen LogP contribution < -0.4 is 14.8 Å². The summed E-state index contributed by atoms with van der Waals surface area (Å²) in [7, 11) is -6.04. The number of thiophene rings is 1. The van der Waals surface area contributed by atoms with E-state index in [2.05, 4.69) is 14.8 Å². The molecule has 2 unspecified atom stereocenters. The monoisotopic (exact) mass is 572 g/mol. The van der Waals surface area contributed by atoms with Crippen molar-refractivity contribution >= 4 is 60.5 Å². The highest BCUT2D eigenvalue weighted by molar-refractivity contribution is 7.92. The van der Waals surface area contributed by atoms with E-state index >= 15 is 0 Å². The number of hydrogen-bond acceptors (Lipinski definition) is 6. The van der Waals surface area contributed by atoms with Crippen molar-refractivity contribution in [1.29, 1.82) is 0 Å². The van der Waals surface area contributed by atoms with Crippen molar-refractivity contribution in [2.75, 3.05) is 23.3 Å². The number of anilines is 2. The molecule has 2 atom stereocenters. The summed E-state index contributed by atoms with van der Waals surface area (Å²) in [5.74, 6) is -1.20. The van der Waals surface area contributed by atoms with Crippen LogP contribution >= 0.6 is 22.9 Å². The van der Waals surface area contributed by atoms with E-state index < -0.39 is 44.0 Å². The molecule has 1 fully saturated rings. The number of amides is 1. The van der Waals surface area contributed by atoms with Gasteiger partial charge in [-0.25, -0.2) is 12.8 Å². The standard InChI is InChI=1S/C22H22ClFN4O5S3/c1-28-19(22(29)25-15-7-8-17(24)16(23)11-15)12-18(27-36(28,32)33)21-10-9-20(34-21)13-3-5-14(6-4-13)26-35(2,30)31/h3-11,18-19,26-27H,12H2,1-2H3,(H,25,29). The zero-order valence-corrected chi connectivity index (χ0v) is 22.2. The Balaban J connectivity index is 1.53. The summed E-state index contributed by atoms with van der Waals surface area (Å²) in [5, 5.41) is 2.44. The van der Waals surface area contributed by atoms with E-state index in [1.54, 1.807) is 30.3 Å². The highest BCUT2D eigenvalue weighted by Crippen LogP contribution is 2.36. The van der Waals surface area contributed by atoms with E-state index in [0.29, 0.717) is 10.6 Å². The van der Waals surface area contributed by atoms with E-state index in [4.69, 9.17) is 11.6 Å². The van der Waals surface area contributed by atoms with Gasteiger partial charge in [0, 0.05) is 28.2 Å². The number of hydrogen-bond donors (Lipinski definition) is 3. The van der Waals surface area contributed by atoms with Crippen molar-refractivity contribution in [1.82, 2.24) is 9.03 Å². The first kappa shape index (κ1) is 26.5. The molecule has 1 amide bonds. The van der Waals surface area contributed by atoms with Gasteiger partial charge in [0.1, 0.15) is 11.9 Å². The second-order valence-corrected chi connectivity index (χ2v) is 13.2. The molecule has 4 rings (SSSR count). The van der Waals surface area contributed by atoms with Gasteiger partial charge in [-0.05, 0) is 54.4 Å². The van der Waals surface area contributed by atoms with Gasteiger partial charge in [0.25, 0.3) is 10.2 Å². The van der Waals surface area contributed by atoms with Gasteiger partial charge in [0.15, 0.2) is 0 Å². The predicted octanol–water partition coefficient (Wildman–Crippen LogP) is 3.80. The Labute approximate surface area is 217 Å². The minimum atomic E-state index is -3.96.